The zero-order valence-electron chi connectivity index (χ0n) is 16.2. The van der Waals surface area contributed by atoms with Crippen LogP contribution in [0.4, 0.5) is 0 Å². The molecule has 29 heavy (non-hydrogen) atoms. The summed E-state index contributed by atoms with van der Waals surface area (Å²) in [5, 5.41) is 0. The minimum Gasteiger partial charge on any atom is -0.493 e. The molecule has 0 fully saturated rings. The first kappa shape index (κ1) is 17.6. The molecule has 3 aliphatic heterocycles. The molecule has 0 amide bonds. The maximum absolute atomic E-state index is 12.7. The highest BCUT2D eigenvalue weighted by Crippen LogP contribution is 2.51. The third kappa shape index (κ3) is 2.57. The molecule has 0 aliphatic carbocycles. The molecule has 3 heterocycles. The van der Waals surface area contributed by atoms with Gasteiger partial charge in [0.2, 0.25) is 18.3 Å². The van der Waals surface area contributed by atoms with E-state index in [1.54, 1.807) is 19.2 Å². The molecule has 3 aliphatic rings. The fraction of sp³-hybridized carbons (Fsp3) is 0.273. The van der Waals surface area contributed by atoms with E-state index in [9.17, 15) is 9.59 Å². The van der Waals surface area contributed by atoms with E-state index in [2.05, 4.69) is 0 Å². The molecule has 1 unspecified atom stereocenters. The molecule has 0 saturated carbocycles. The van der Waals surface area contributed by atoms with Gasteiger partial charge >= 0.3 is 5.97 Å². The van der Waals surface area contributed by atoms with Gasteiger partial charge in [0, 0.05) is 11.5 Å². The molecule has 0 radical (unpaired) electrons. The molecule has 5 rings (SSSR count). The summed E-state index contributed by atoms with van der Waals surface area (Å²) in [6.45, 7) is 3.76. The van der Waals surface area contributed by atoms with Gasteiger partial charge in [-0.1, -0.05) is 0 Å². The average Bonchev–Trinajstić information content (AvgIpc) is 3.30. The number of rotatable bonds is 2. The number of hydrogen-bond acceptors (Lipinski definition) is 7. The van der Waals surface area contributed by atoms with Crippen molar-refractivity contribution in [3.8, 4) is 28.7 Å². The van der Waals surface area contributed by atoms with Crippen LogP contribution in [0.2, 0.25) is 0 Å². The molecule has 0 aromatic heterocycles. The van der Waals surface area contributed by atoms with Gasteiger partial charge in [-0.3, -0.25) is 9.59 Å². The number of Topliss-reactive ketones (excluding diaryl/α,β-unsaturated/α-hetero) is 1. The first-order valence-corrected chi connectivity index (χ1v) is 9.23. The van der Waals surface area contributed by atoms with Crippen LogP contribution in [0.1, 0.15) is 47.7 Å². The largest absolute Gasteiger partial charge is 0.493 e. The first-order valence-electron chi connectivity index (χ1n) is 9.23. The second-order valence-electron chi connectivity index (χ2n) is 7.30. The van der Waals surface area contributed by atoms with Gasteiger partial charge in [0.1, 0.15) is 11.5 Å². The van der Waals surface area contributed by atoms with Crippen LogP contribution in [-0.4, -0.2) is 25.7 Å². The number of allylic oxidation sites excluding steroid dienone is 2. The van der Waals surface area contributed by atoms with Crippen molar-refractivity contribution >= 4 is 11.8 Å². The fourth-order valence-corrected chi connectivity index (χ4v) is 3.96. The SMILES string of the molecule is COc1cc(C2CC(=O)Oc3ccc4c(c32)OC(=C(C)C)C4=O)cc2c1OCO2. The summed E-state index contributed by atoms with van der Waals surface area (Å²) in [7, 11) is 1.55. The lowest BCUT2D eigenvalue weighted by Crippen LogP contribution is -2.21. The van der Waals surface area contributed by atoms with Gasteiger partial charge < -0.3 is 23.7 Å². The van der Waals surface area contributed by atoms with Crippen molar-refractivity contribution in [2.45, 2.75) is 26.2 Å². The summed E-state index contributed by atoms with van der Waals surface area (Å²) in [5.74, 6) is 1.85. The maximum Gasteiger partial charge on any atom is 0.312 e. The van der Waals surface area contributed by atoms with Gasteiger partial charge in [0.25, 0.3) is 0 Å². The van der Waals surface area contributed by atoms with Crippen molar-refractivity contribution in [3.05, 3.63) is 52.3 Å². The van der Waals surface area contributed by atoms with Gasteiger partial charge in [0.05, 0.1) is 19.1 Å². The standard InChI is InChI=1S/C22H18O7/c1-10(2)20-19(24)12-4-5-14-18(21(12)29-20)13(8-17(23)28-14)11-6-15(25-3)22-16(7-11)26-9-27-22/h4-7,13H,8-9H2,1-3H3. The highest BCUT2D eigenvalue weighted by Gasteiger charge is 2.39. The second kappa shape index (κ2) is 6.27. The number of methoxy groups -OCH3 is 1. The Balaban J connectivity index is 1.70. The van der Waals surface area contributed by atoms with Gasteiger partial charge in [-0.25, -0.2) is 0 Å². The minimum atomic E-state index is -0.381. The van der Waals surface area contributed by atoms with Crippen LogP contribution in [0.5, 0.6) is 28.7 Å². The molecule has 0 saturated heterocycles. The van der Waals surface area contributed by atoms with Crippen LogP contribution >= 0.6 is 0 Å². The Hall–Kier alpha value is -3.48. The molecule has 0 bridgehead atoms. The molecule has 2 aromatic rings. The smallest absolute Gasteiger partial charge is 0.312 e. The Morgan fingerprint density at radius 3 is 2.62 bits per heavy atom. The molecule has 0 spiro atoms. The van der Waals surface area contributed by atoms with Crippen LogP contribution in [0.15, 0.2) is 35.6 Å². The van der Waals surface area contributed by atoms with E-state index >= 15 is 0 Å². The maximum atomic E-state index is 12.7. The fourth-order valence-electron chi connectivity index (χ4n) is 3.96. The van der Waals surface area contributed by atoms with Crippen molar-refractivity contribution in [3.63, 3.8) is 0 Å². The van der Waals surface area contributed by atoms with E-state index in [1.807, 2.05) is 26.0 Å². The van der Waals surface area contributed by atoms with Gasteiger partial charge in [-0.05, 0) is 49.2 Å². The number of fused-ring (bicyclic) bond motifs is 4. The Morgan fingerprint density at radius 1 is 1.03 bits per heavy atom. The minimum absolute atomic E-state index is 0.105. The van der Waals surface area contributed by atoms with E-state index in [0.717, 1.165) is 11.1 Å². The van der Waals surface area contributed by atoms with Crippen molar-refractivity contribution in [1.82, 2.24) is 0 Å². The molecule has 2 aromatic carbocycles. The zero-order chi connectivity index (χ0) is 20.3. The molecule has 148 valence electrons. The summed E-state index contributed by atoms with van der Waals surface area (Å²) in [4.78, 5) is 25.0. The first-order chi connectivity index (χ1) is 14.0. The Bertz CT molecular complexity index is 1110. The van der Waals surface area contributed by atoms with Crippen LogP contribution in [0.25, 0.3) is 0 Å². The van der Waals surface area contributed by atoms with Crippen molar-refractivity contribution < 1.29 is 33.3 Å². The molecule has 0 N–H and O–H groups in total. The lowest BCUT2D eigenvalue weighted by Gasteiger charge is -2.26. The van der Waals surface area contributed by atoms with Crippen LogP contribution in [0, 0.1) is 0 Å². The topological polar surface area (TPSA) is 80.3 Å². The van der Waals surface area contributed by atoms with Gasteiger partial charge in [-0.15, -0.1) is 0 Å². The van der Waals surface area contributed by atoms with Crippen LogP contribution < -0.4 is 23.7 Å². The quantitative estimate of drug-likeness (QED) is 0.436. The van der Waals surface area contributed by atoms with E-state index in [1.165, 1.54) is 0 Å². The number of esters is 1. The van der Waals surface area contributed by atoms with Crippen LogP contribution in [0.3, 0.4) is 0 Å². The Kier molecular flexibility index (Phi) is 3.81. The van der Waals surface area contributed by atoms with E-state index in [-0.39, 0.29) is 30.9 Å². The predicted molar refractivity (Wildman–Crippen MR) is 101 cm³/mol. The summed E-state index contributed by atoms with van der Waals surface area (Å²) in [5.41, 5.74) is 2.72. The van der Waals surface area contributed by atoms with Gasteiger partial charge in [-0.2, -0.15) is 0 Å². The summed E-state index contributed by atoms with van der Waals surface area (Å²) in [6, 6.07) is 6.94. The van der Waals surface area contributed by atoms with E-state index < -0.39 is 0 Å². The lowest BCUT2D eigenvalue weighted by molar-refractivity contribution is -0.135. The summed E-state index contributed by atoms with van der Waals surface area (Å²) < 4.78 is 27.9. The second-order valence-corrected chi connectivity index (χ2v) is 7.30. The summed E-state index contributed by atoms with van der Waals surface area (Å²) >= 11 is 0. The third-order valence-corrected chi connectivity index (χ3v) is 5.29. The monoisotopic (exact) mass is 394 g/mol. The van der Waals surface area contributed by atoms with Crippen molar-refractivity contribution in [2.75, 3.05) is 13.9 Å². The van der Waals surface area contributed by atoms with Crippen molar-refractivity contribution in [2.24, 2.45) is 0 Å². The highest BCUT2D eigenvalue weighted by molar-refractivity contribution is 6.13. The zero-order valence-corrected chi connectivity index (χ0v) is 16.2. The number of ether oxygens (including phenoxy) is 5. The molecular weight excluding hydrogens is 376 g/mol. The molecular formula is C22H18O7. The van der Waals surface area contributed by atoms with E-state index in [0.29, 0.717) is 45.6 Å². The Labute approximate surface area is 166 Å². The van der Waals surface area contributed by atoms with E-state index in [4.69, 9.17) is 23.7 Å². The molecule has 7 nitrogen and oxygen atoms in total. The number of ketones is 1. The predicted octanol–water partition coefficient (Wildman–Crippen LogP) is 3.73. The number of carbonyl (C=O) groups is 2. The number of hydrogen-bond donors (Lipinski definition) is 0. The number of carbonyl (C=O) groups excluding carboxylic acids is 2. The Morgan fingerprint density at radius 2 is 1.86 bits per heavy atom. The third-order valence-electron chi connectivity index (χ3n) is 5.29. The highest BCUT2D eigenvalue weighted by atomic mass is 16.7. The number of benzene rings is 2. The molecule has 1 atom stereocenters. The molecule has 7 heteroatoms. The van der Waals surface area contributed by atoms with Crippen molar-refractivity contribution in [1.29, 1.82) is 0 Å². The summed E-state index contributed by atoms with van der Waals surface area (Å²) in [6.07, 6.45) is 0.105. The normalized spacial score (nSPS) is 18.7. The van der Waals surface area contributed by atoms with Gasteiger partial charge in [0.15, 0.2) is 17.3 Å². The average molecular weight is 394 g/mol. The lowest BCUT2D eigenvalue weighted by atomic mass is 9.84. The van der Waals surface area contributed by atoms with Crippen LogP contribution in [-0.2, 0) is 4.79 Å².